The van der Waals surface area contributed by atoms with Crippen molar-refractivity contribution in [2.45, 2.75) is 49.8 Å². The lowest BCUT2D eigenvalue weighted by atomic mass is 9.80. The van der Waals surface area contributed by atoms with E-state index in [4.69, 9.17) is 21.3 Å². The van der Waals surface area contributed by atoms with E-state index in [1.54, 1.807) is 0 Å². The van der Waals surface area contributed by atoms with Crippen molar-refractivity contribution in [1.29, 1.82) is 0 Å². The SMILES string of the molecule is O=C(NC1CCCCC1)[C@]1(c2ccccc2)N=C(c2ccc(Cl)s2)O[C@H]1c1ccccc1. The molecule has 1 fully saturated rings. The summed E-state index contributed by atoms with van der Waals surface area (Å²) in [6.45, 7) is 0. The van der Waals surface area contributed by atoms with Crippen molar-refractivity contribution in [3.63, 3.8) is 0 Å². The first-order valence-electron chi connectivity index (χ1n) is 11.1. The lowest BCUT2D eigenvalue weighted by molar-refractivity contribution is -0.130. The summed E-state index contributed by atoms with van der Waals surface area (Å²) < 4.78 is 7.13. The normalized spacial score (nSPS) is 23.4. The summed E-state index contributed by atoms with van der Waals surface area (Å²) in [6.07, 6.45) is 4.95. The number of benzene rings is 2. The average molecular weight is 465 g/mol. The number of hydrogen-bond acceptors (Lipinski definition) is 4. The monoisotopic (exact) mass is 464 g/mol. The number of nitrogens with zero attached hydrogens (tertiary/aromatic N) is 1. The molecule has 2 aliphatic rings. The fourth-order valence-electron chi connectivity index (χ4n) is 4.67. The van der Waals surface area contributed by atoms with Crippen molar-refractivity contribution < 1.29 is 9.53 Å². The van der Waals surface area contributed by atoms with Gasteiger partial charge in [-0.1, -0.05) is 91.5 Å². The van der Waals surface area contributed by atoms with Gasteiger partial charge in [-0.3, -0.25) is 4.79 Å². The van der Waals surface area contributed by atoms with E-state index in [0.29, 0.717) is 10.2 Å². The molecule has 0 unspecified atom stereocenters. The van der Waals surface area contributed by atoms with Gasteiger partial charge in [-0.2, -0.15) is 0 Å². The molecular formula is C26H25ClN2O2S. The van der Waals surface area contributed by atoms with Crippen LogP contribution in [0.15, 0.2) is 77.8 Å². The molecule has 0 radical (unpaired) electrons. The maximum atomic E-state index is 14.1. The van der Waals surface area contributed by atoms with Gasteiger partial charge < -0.3 is 10.1 Å². The summed E-state index contributed by atoms with van der Waals surface area (Å²) in [5.41, 5.74) is 0.516. The summed E-state index contributed by atoms with van der Waals surface area (Å²) in [5, 5.41) is 3.33. The van der Waals surface area contributed by atoms with Crippen LogP contribution in [0.25, 0.3) is 0 Å². The largest absolute Gasteiger partial charge is 0.465 e. The molecule has 164 valence electrons. The van der Waals surface area contributed by atoms with Crippen molar-refractivity contribution in [2.24, 2.45) is 4.99 Å². The van der Waals surface area contributed by atoms with Crippen LogP contribution in [0.2, 0.25) is 4.34 Å². The van der Waals surface area contributed by atoms with E-state index in [2.05, 4.69) is 5.32 Å². The minimum Gasteiger partial charge on any atom is -0.465 e. The zero-order valence-corrected chi connectivity index (χ0v) is 19.2. The molecule has 1 saturated carbocycles. The van der Waals surface area contributed by atoms with Gasteiger partial charge in [0.2, 0.25) is 11.4 Å². The minimum absolute atomic E-state index is 0.109. The number of halogens is 1. The van der Waals surface area contributed by atoms with Gasteiger partial charge in [0.15, 0.2) is 6.10 Å². The molecular weight excluding hydrogens is 440 g/mol. The van der Waals surface area contributed by atoms with Gasteiger partial charge >= 0.3 is 0 Å². The van der Waals surface area contributed by atoms with E-state index in [0.717, 1.165) is 41.7 Å². The molecule has 0 spiro atoms. The molecule has 3 aromatic rings. The van der Waals surface area contributed by atoms with Crippen LogP contribution in [-0.4, -0.2) is 17.8 Å². The van der Waals surface area contributed by atoms with Crippen molar-refractivity contribution in [2.75, 3.05) is 0 Å². The predicted octanol–water partition coefficient (Wildman–Crippen LogP) is 6.26. The second-order valence-corrected chi connectivity index (χ2v) is 10.1. The van der Waals surface area contributed by atoms with E-state index in [1.807, 2.05) is 72.8 Å². The highest BCUT2D eigenvalue weighted by Crippen LogP contribution is 2.48. The average Bonchev–Trinajstić information content (AvgIpc) is 3.46. The first kappa shape index (κ1) is 21.2. The molecule has 2 aromatic carbocycles. The molecule has 2 atom stereocenters. The van der Waals surface area contributed by atoms with Gasteiger partial charge in [-0.25, -0.2) is 4.99 Å². The summed E-state index contributed by atoms with van der Waals surface area (Å²) in [7, 11) is 0. The second kappa shape index (κ2) is 9.08. The van der Waals surface area contributed by atoms with Crippen LogP contribution < -0.4 is 5.32 Å². The van der Waals surface area contributed by atoms with Crippen LogP contribution in [0.5, 0.6) is 0 Å². The first-order chi connectivity index (χ1) is 15.7. The highest BCUT2D eigenvalue weighted by molar-refractivity contribution is 7.18. The van der Waals surface area contributed by atoms with E-state index in [-0.39, 0.29) is 11.9 Å². The minimum atomic E-state index is -1.22. The highest BCUT2D eigenvalue weighted by Gasteiger charge is 2.55. The number of amides is 1. The summed E-state index contributed by atoms with van der Waals surface area (Å²) >= 11 is 7.60. The van der Waals surface area contributed by atoms with Gasteiger partial charge in [-0.05, 0) is 36.1 Å². The summed E-state index contributed by atoms with van der Waals surface area (Å²) in [4.78, 5) is 19.9. The number of carbonyl (C=O) groups excluding carboxylic acids is 1. The number of nitrogens with one attached hydrogen (secondary N) is 1. The molecule has 4 nitrogen and oxygen atoms in total. The second-order valence-electron chi connectivity index (χ2n) is 8.37. The third kappa shape index (κ3) is 3.96. The van der Waals surface area contributed by atoms with Crippen molar-refractivity contribution in [3.05, 3.63) is 93.1 Å². The molecule has 32 heavy (non-hydrogen) atoms. The maximum absolute atomic E-state index is 14.1. The van der Waals surface area contributed by atoms with Gasteiger partial charge in [0.1, 0.15) is 0 Å². The van der Waals surface area contributed by atoms with E-state index in [9.17, 15) is 4.79 Å². The van der Waals surface area contributed by atoms with Gasteiger partial charge in [0.25, 0.3) is 5.91 Å². The summed E-state index contributed by atoms with van der Waals surface area (Å²) in [5.74, 6) is 0.348. The Labute approximate surface area is 197 Å². The van der Waals surface area contributed by atoms with E-state index >= 15 is 0 Å². The fourth-order valence-corrected chi connectivity index (χ4v) is 5.65. The Balaban J connectivity index is 1.64. The van der Waals surface area contributed by atoms with Crippen LogP contribution in [0.1, 0.15) is 54.2 Å². The number of thiophene rings is 1. The smallest absolute Gasteiger partial charge is 0.257 e. The Hall–Kier alpha value is -2.63. The molecule has 2 heterocycles. The Morgan fingerprint density at radius 1 is 0.969 bits per heavy atom. The third-order valence-corrected chi connectivity index (χ3v) is 7.49. The molecule has 1 aliphatic carbocycles. The van der Waals surface area contributed by atoms with Crippen LogP contribution in [0, 0.1) is 0 Å². The number of aliphatic imine (C=N–C) groups is 1. The number of ether oxygens (including phenoxy) is 1. The summed E-state index contributed by atoms with van der Waals surface area (Å²) in [6, 6.07) is 23.6. The molecule has 6 heteroatoms. The van der Waals surface area contributed by atoms with Gasteiger partial charge in [0, 0.05) is 6.04 Å². The third-order valence-electron chi connectivity index (χ3n) is 6.27. The van der Waals surface area contributed by atoms with Crippen molar-refractivity contribution in [1.82, 2.24) is 5.32 Å². The molecule has 1 amide bonds. The molecule has 5 rings (SSSR count). The van der Waals surface area contributed by atoms with Gasteiger partial charge in [-0.15, -0.1) is 11.3 Å². The quantitative estimate of drug-likeness (QED) is 0.484. The van der Waals surface area contributed by atoms with E-state index < -0.39 is 11.6 Å². The first-order valence-corrected chi connectivity index (χ1v) is 12.3. The highest BCUT2D eigenvalue weighted by atomic mass is 35.5. The fraction of sp³-hybridized carbons (Fsp3) is 0.308. The van der Waals surface area contributed by atoms with Crippen LogP contribution >= 0.6 is 22.9 Å². The number of carbonyl (C=O) groups is 1. The van der Waals surface area contributed by atoms with E-state index in [1.165, 1.54) is 17.8 Å². The Morgan fingerprint density at radius 2 is 1.66 bits per heavy atom. The Morgan fingerprint density at radius 3 is 2.31 bits per heavy atom. The number of rotatable bonds is 5. The molecule has 1 N–H and O–H groups in total. The van der Waals surface area contributed by atoms with Gasteiger partial charge in [0.05, 0.1) is 9.21 Å². The molecule has 0 saturated heterocycles. The lowest BCUT2D eigenvalue weighted by Crippen LogP contribution is -2.49. The zero-order valence-electron chi connectivity index (χ0n) is 17.7. The Bertz CT molecular complexity index is 1110. The predicted molar refractivity (Wildman–Crippen MR) is 129 cm³/mol. The van der Waals surface area contributed by atoms with Crippen LogP contribution in [0.4, 0.5) is 0 Å². The standard InChI is InChI=1S/C26H25ClN2O2S/c27-22-17-16-21(32-22)24-29-26(19-12-6-2-7-13-19,23(31-24)18-10-4-1-5-11-18)25(30)28-20-14-8-3-9-15-20/h1-2,4-7,10-13,16-17,20,23H,3,8-9,14-15H2,(H,28,30)/t23-,26+/m0/s1. The Kier molecular flexibility index (Phi) is 6.03. The maximum Gasteiger partial charge on any atom is 0.257 e. The molecule has 1 aromatic heterocycles. The van der Waals surface area contributed by atoms with Crippen molar-refractivity contribution in [3.8, 4) is 0 Å². The number of hydrogen-bond donors (Lipinski definition) is 1. The topological polar surface area (TPSA) is 50.7 Å². The van der Waals surface area contributed by atoms with Crippen LogP contribution in [-0.2, 0) is 15.1 Å². The van der Waals surface area contributed by atoms with Crippen molar-refractivity contribution >= 4 is 34.7 Å². The lowest BCUT2D eigenvalue weighted by Gasteiger charge is -2.33. The zero-order chi connectivity index (χ0) is 22.0. The van der Waals surface area contributed by atoms with Crippen LogP contribution in [0.3, 0.4) is 0 Å². The molecule has 1 aliphatic heterocycles. The molecule has 0 bridgehead atoms.